The smallest absolute Gasteiger partial charge is 0.268 e. The predicted octanol–water partition coefficient (Wildman–Crippen LogP) is 3.12. The van der Waals surface area contributed by atoms with Crippen LogP contribution in [0.5, 0.6) is 0 Å². The summed E-state index contributed by atoms with van der Waals surface area (Å²) in [5.74, 6) is -0.784. The van der Waals surface area contributed by atoms with Crippen LogP contribution in [0, 0.1) is 6.92 Å². The summed E-state index contributed by atoms with van der Waals surface area (Å²) in [6.45, 7) is 1.89. The number of benzene rings is 2. The van der Waals surface area contributed by atoms with Crippen molar-refractivity contribution in [3.8, 4) is 0 Å². The number of carbonyl (C=O) groups excluding carboxylic acids is 2. The Bertz CT molecular complexity index is 709. The summed E-state index contributed by atoms with van der Waals surface area (Å²) < 4.78 is 0. The van der Waals surface area contributed by atoms with Crippen LogP contribution in [0.15, 0.2) is 54.6 Å². The van der Waals surface area contributed by atoms with Crippen LogP contribution in [-0.2, 0) is 4.79 Å². The molecular formula is C17H15ClN2O2. The van der Waals surface area contributed by atoms with Gasteiger partial charge >= 0.3 is 0 Å². The Morgan fingerprint density at radius 1 is 1.05 bits per heavy atom. The lowest BCUT2D eigenvalue weighted by molar-refractivity contribution is -0.117. The predicted molar refractivity (Wildman–Crippen MR) is 87.3 cm³/mol. The Balaban J connectivity index is 1.87. The molecule has 2 aromatic rings. The van der Waals surface area contributed by atoms with Gasteiger partial charge in [-0.25, -0.2) is 0 Å². The van der Waals surface area contributed by atoms with E-state index in [-0.39, 0.29) is 5.91 Å². The van der Waals surface area contributed by atoms with Gasteiger partial charge < -0.3 is 0 Å². The number of aryl methyl sites for hydroxylation is 1. The number of halogens is 1. The number of nitrogens with one attached hydrogen (secondary N) is 2. The molecule has 0 saturated heterocycles. The second-order valence-electron chi connectivity index (χ2n) is 4.70. The summed E-state index contributed by atoms with van der Waals surface area (Å²) in [4.78, 5) is 23.5. The van der Waals surface area contributed by atoms with E-state index in [4.69, 9.17) is 11.6 Å². The van der Waals surface area contributed by atoms with Gasteiger partial charge in [0.25, 0.3) is 11.8 Å². The fourth-order valence-electron chi connectivity index (χ4n) is 1.76. The lowest BCUT2D eigenvalue weighted by atomic mass is 10.1. The highest BCUT2D eigenvalue weighted by Crippen LogP contribution is 2.10. The molecule has 0 aromatic heterocycles. The Labute approximate surface area is 133 Å². The van der Waals surface area contributed by atoms with Crippen molar-refractivity contribution in [2.24, 2.45) is 0 Å². The van der Waals surface area contributed by atoms with E-state index >= 15 is 0 Å². The minimum Gasteiger partial charge on any atom is -0.268 e. The van der Waals surface area contributed by atoms with Gasteiger partial charge in [-0.1, -0.05) is 41.4 Å². The molecule has 2 rings (SSSR count). The average molecular weight is 315 g/mol. The van der Waals surface area contributed by atoms with Gasteiger partial charge in [-0.05, 0) is 42.8 Å². The Hall–Kier alpha value is -2.59. The molecule has 0 radical (unpaired) electrons. The van der Waals surface area contributed by atoms with Crippen LogP contribution < -0.4 is 10.9 Å². The van der Waals surface area contributed by atoms with E-state index in [1.807, 2.05) is 13.0 Å². The quantitative estimate of drug-likeness (QED) is 0.675. The van der Waals surface area contributed by atoms with Crippen LogP contribution >= 0.6 is 11.6 Å². The highest BCUT2D eigenvalue weighted by atomic mass is 35.5. The van der Waals surface area contributed by atoms with Crippen LogP contribution in [0.25, 0.3) is 6.08 Å². The zero-order valence-corrected chi connectivity index (χ0v) is 12.7. The van der Waals surface area contributed by atoms with Crippen molar-refractivity contribution in [2.75, 3.05) is 0 Å². The largest absolute Gasteiger partial charge is 0.269 e. The van der Waals surface area contributed by atoms with E-state index in [1.165, 1.54) is 6.08 Å². The van der Waals surface area contributed by atoms with E-state index in [1.54, 1.807) is 48.5 Å². The van der Waals surface area contributed by atoms with Crippen molar-refractivity contribution >= 4 is 29.5 Å². The summed E-state index contributed by atoms with van der Waals surface area (Å²) in [6.07, 6.45) is 2.96. The van der Waals surface area contributed by atoms with Gasteiger partial charge in [0.15, 0.2) is 0 Å². The first-order valence-corrected chi connectivity index (χ1v) is 7.03. The van der Waals surface area contributed by atoms with Crippen molar-refractivity contribution in [1.29, 1.82) is 0 Å². The molecule has 4 nitrogen and oxygen atoms in total. The van der Waals surface area contributed by atoms with Gasteiger partial charge in [-0.3, -0.25) is 20.4 Å². The minimum absolute atomic E-state index is 0.364. The van der Waals surface area contributed by atoms with E-state index in [0.717, 1.165) is 11.1 Å². The minimum atomic E-state index is -0.420. The SMILES string of the molecule is Cc1cccc(C(=O)NNC(=O)/C=C/c2ccc(Cl)cc2)c1. The molecular weight excluding hydrogens is 300 g/mol. The normalized spacial score (nSPS) is 10.5. The van der Waals surface area contributed by atoms with E-state index in [2.05, 4.69) is 10.9 Å². The molecule has 0 unspecified atom stereocenters. The molecule has 0 spiro atoms. The summed E-state index contributed by atoms with van der Waals surface area (Å²) in [7, 11) is 0. The molecule has 0 heterocycles. The lowest BCUT2D eigenvalue weighted by Crippen LogP contribution is -2.40. The Morgan fingerprint density at radius 2 is 1.77 bits per heavy atom. The number of hydrogen-bond acceptors (Lipinski definition) is 2. The molecule has 0 bridgehead atoms. The molecule has 0 atom stereocenters. The van der Waals surface area contributed by atoms with Gasteiger partial charge in [-0.15, -0.1) is 0 Å². The summed E-state index contributed by atoms with van der Waals surface area (Å²) in [6, 6.07) is 14.1. The maximum absolute atomic E-state index is 11.8. The summed E-state index contributed by atoms with van der Waals surface area (Å²) in [5, 5.41) is 0.631. The second kappa shape index (κ2) is 7.43. The standard InChI is InChI=1S/C17H15ClN2O2/c1-12-3-2-4-14(11-12)17(22)20-19-16(21)10-7-13-5-8-15(18)9-6-13/h2-11H,1H3,(H,19,21)(H,20,22)/b10-7+. The van der Waals surface area contributed by atoms with Crippen LogP contribution in [-0.4, -0.2) is 11.8 Å². The highest BCUT2D eigenvalue weighted by Gasteiger charge is 2.05. The first kappa shape index (κ1) is 15.8. The lowest BCUT2D eigenvalue weighted by Gasteiger charge is -2.05. The van der Waals surface area contributed by atoms with Crippen molar-refractivity contribution in [3.05, 3.63) is 76.3 Å². The molecule has 5 heteroatoms. The third kappa shape index (κ3) is 4.75. The zero-order chi connectivity index (χ0) is 15.9. The van der Waals surface area contributed by atoms with Gasteiger partial charge in [-0.2, -0.15) is 0 Å². The molecule has 0 saturated carbocycles. The molecule has 0 aliphatic heterocycles. The molecule has 2 N–H and O–H groups in total. The molecule has 0 aliphatic rings. The number of carbonyl (C=O) groups is 2. The van der Waals surface area contributed by atoms with E-state index in [9.17, 15) is 9.59 Å². The van der Waals surface area contributed by atoms with E-state index < -0.39 is 5.91 Å². The van der Waals surface area contributed by atoms with Crippen molar-refractivity contribution in [2.45, 2.75) is 6.92 Å². The maximum atomic E-state index is 11.8. The third-order valence-corrected chi connectivity index (χ3v) is 3.13. The second-order valence-corrected chi connectivity index (χ2v) is 5.13. The van der Waals surface area contributed by atoms with Crippen LogP contribution in [0.2, 0.25) is 5.02 Å². The highest BCUT2D eigenvalue weighted by molar-refractivity contribution is 6.30. The average Bonchev–Trinajstić information content (AvgIpc) is 2.52. The maximum Gasteiger partial charge on any atom is 0.269 e. The summed E-state index contributed by atoms with van der Waals surface area (Å²) in [5.41, 5.74) is 6.99. The molecule has 22 heavy (non-hydrogen) atoms. The molecule has 0 aliphatic carbocycles. The fourth-order valence-corrected chi connectivity index (χ4v) is 1.89. The number of hydrazine groups is 1. The van der Waals surface area contributed by atoms with Crippen molar-refractivity contribution < 1.29 is 9.59 Å². The van der Waals surface area contributed by atoms with Crippen molar-refractivity contribution in [3.63, 3.8) is 0 Å². The molecule has 112 valence electrons. The van der Waals surface area contributed by atoms with Crippen LogP contribution in [0.1, 0.15) is 21.5 Å². The summed E-state index contributed by atoms with van der Waals surface area (Å²) >= 11 is 5.78. The molecule has 2 aromatic carbocycles. The van der Waals surface area contributed by atoms with Gasteiger partial charge in [0.1, 0.15) is 0 Å². The Morgan fingerprint density at radius 3 is 2.45 bits per heavy atom. The van der Waals surface area contributed by atoms with Crippen LogP contribution in [0.3, 0.4) is 0 Å². The number of hydrogen-bond donors (Lipinski definition) is 2. The van der Waals surface area contributed by atoms with Crippen LogP contribution in [0.4, 0.5) is 0 Å². The first-order valence-electron chi connectivity index (χ1n) is 6.65. The number of rotatable bonds is 3. The van der Waals surface area contributed by atoms with Gasteiger partial charge in [0.2, 0.25) is 0 Å². The first-order chi connectivity index (χ1) is 10.5. The molecule has 0 fully saturated rings. The monoisotopic (exact) mass is 314 g/mol. The topological polar surface area (TPSA) is 58.2 Å². The molecule has 2 amide bonds. The third-order valence-electron chi connectivity index (χ3n) is 2.88. The van der Waals surface area contributed by atoms with Gasteiger partial charge in [0.05, 0.1) is 0 Å². The fraction of sp³-hybridized carbons (Fsp3) is 0.0588. The number of amides is 2. The zero-order valence-electron chi connectivity index (χ0n) is 12.0. The van der Waals surface area contributed by atoms with Gasteiger partial charge in [0, 0.05) is 16.7 Å². The van der Waals surface area contributed by atoms with E-state index in [0.29, 0.717) is 10.6 Å². The Kier molecular flexibility index (Phi) is 5.33. The van der Waals surface area contributed by atoms with Crippen molar-refractivity contribution in [1.82, 2.24) is 10.9 Å².